The number of sulfone groups is 1. The van der Waals surface area contributed by atoms with Gasteiger partial charge in [-0.25, -0.2) is 8.42 Å². The van der Waals surface area contributed by atoms with Crippen LogP contribution >= 0.6 is 0 Å². The first-order chi connectivity index (χ1) is 14.4. The van der Waals surface area contributed by atoms with Crippen LogP contribution in [0.3, 0.4) is 0 Å². The number of aryl methyl sites for hydroxylation is 1. The second-order valence-corrected chi connectivity index (χ2v) is 8.97. The van der Waals surface area contributed by atoms with Crippen LogP contribution < -0.4 is 4.74 Å². The van der Waals surface area contributed by atoms with Crippen LogP contribution in [0, 0.1) is 6.92 Å². The molecule has 1 N–H and O–H groups in total. The third-order valence-corrected chi connectivity index (χ3v) is 7.02. The van der Waals surface area contributed by atoms with E-state index in [2.05, 4.69) is 0 Å². The van der Waals surface area contributed by atoms with Crippen LogP contribution in [-0.4, -0.2) is 20.6 Å². The number of benzene rings is 3. The molecule has 1 atom stereocenters. The summed E-state index contributed by atoms with van der Waals surface area (Å²) >= 11 is 0. The average Bonchev–Trinajstić information content (AvgIpc) is 2.77. The number of methoxy groups -OCH3 is 1. The molecule has 0 aliphatic heterocycles. The summed E-state index contributed by atoms with van der Waals surface area (Å²) in [5, 5.41) is 11.3. The van der Waals surface area contributed by atoms with Crippen molar-refractivity contribution in [3.63, 3.8) is 0 Å². The van der Waals surface area contributed by atoms with E-state index in [0.717, 1.165) is 11.1 Å². The number of allylic oxidation sites excluding steroid dienone is 1. The predicted molar refractivity (Wildman–Crippen MR) is 120 cm³/mol. The van der Waals surface area contributed by atoms with Crippen LogP contribution in [-0.2, 0) is 9.84 Å². The Labute approximate surface area is 178 Å². The summed E-state index contributed by atoms with van der Waals surface area (Å²) in [4.78, 5) is 0.169. The van der Waals surface area contributed by atoms with E-state index >= 15 is 0 Å². The molecule has 0 aromatic heterocycles. The van der Waals surface area contributed by atoms with Gasteiger partial charge in [-0.2, -0.15) is 0 Å². The van der Waals surface area contributed by atoms with Crippen LogP contribution in [0.4, 0.5) is 0 Å². The molecule has 1 unspecified atom stereocenters. The lowest BCUT2D eigenvalue weighted by Crippen LogP contribution is -2.15. The number of hydrogen-bond donors (Lipinski definition) is 1. The van der Waals surface area contributed by atoms with E-state index in [0.29, 0.717) is 23.3 Å². The normalized spacial score (nSPS) is 13.5. The fourth-order valence-corrected chi connectivity index (χ4v) is 5.18. The number of rotatable bonds is 7. The molecule has 0 spiro atoms. The average molecular weight is 423 g/mol. The Hall–Kier alpha value is -2.89. The number of aliphatic hydroxyl groups excluding tert-OH is 1. The Bertz CT molecular complexity index is 1110. The molecule has 0 aliphatic rings. The van der Waals surface area contributed by atoms with Crippen LogP contribution in [0.1, 0.15) is 36.1 Å². The Morgan fingerprint density at radius 1 is 0.933 bits per heavy atom. The quantitative estimate of drug-likeness (QED) is 0.559. The van der Waals surface area contributed by atoms with Gasteiger partial charge in [-0.15, -0.1) is 0 Å². The number of hydrogen-bond acceptors (Lipinski definition) is 4. The van der Waals surface area contributed by atoms with Gasteiger partial charge in [0.05, 0.1) is 16.9 Å². The minimum Gasteiger partial charge on any atom is -0.497 e. The van der Waals surface area contributed by atoms with Gasteiger partial charge in [-0.3, -0.25) is 0 Å². The molecular weight excluding hydrogens is 396 g/mol. The summed E-state index contributed by atoms with van der Waals surface area (Å²) in [6, 6.07) is 22.8. The van der Waals surface area contributed by atoms with Crippen molar-refractivity contribution < 1.29 is 18.3 Å². The van der Waals surface area contributed by atoms with E-state index in [1.807, 2.05) is 44.2 Å². The summed E-state index contributed by atoms with van der Waals surface area (Å²) in [6.45, 7) is 3.80. The van der Waals surface area contributed by atoms with Gasteiger partial charge >= 0.3 is 0 Å². The molecule has 3 aromatic carbocycles. The highest BCUT2D eigenvalue weighted by atomic mass is 32.2. The molecule has 0 radical (unpaired) electrons. The molecule has 30 heavy (non-hydrogen) atoms. The fourth-order valence-electron chi connectivity index (χ4n) is 3.42. The van der Waals surface area contributed by atoms with E-state index in [9.17, 15) is 13.5 Å². The summed E-state index contributed by atoms with van der Waals surface area (Å²) in [7, 11) is -2.38. The van der Waals surface area contributed by atoms with Crippen molar-refractivity contribution in [1.29, 1.82) is 0 Å². The van der Waals surface area contributed by atoms with Crippen LogP contribution in [0.15, 0.2) is 88.7 Å². The standard InChI is InChI=1S/C25H26O4S/c1-4-23(19-8-6-5-7-9-19)25(24(26)20-12-14-21(29-3)15-13-20)30(27,28)22-16-10-18(2)11-17-22/h5-17,24,26H,4H2,1-3H3/b25-23-. The number of aliphatic hydroxyl groups is 1. The van der Waals surface area contributed by atoms with Crippen LogP contribution in [0.2, 0.25) is 0 Å². The first-order valence-electron chi connectivity index (χ1n) is 9.80. The largest absolute Gasteiger partial charge is 0.497 e. The van der Waals surface area contributed by atoms with E-state index in [1.54, 1.807) is 55.6 Å². The summed E-state index contributed by atoms with van der Waals surface area (Å²) in [5.41, 5.74) is 2.83. The lowest BCUT2D eigenvalue weighted by molar-refractivity contribution is 0.223. The third kappa shape index (κ3) is 4.48. The summed E-state index contributed by atoms with van der Waals surface area (Å²) < 4.78 is 32.6. The fraction of sp³-hybridized carbons (Fsp3) is 0.200. The molecule has 3 rings (SSSR count). The van der Waals surface area contributed by atoms with Gasteiger partial charge in [-0.1, -0.05) is 67.1 Å². The zero-order valence-corrected chi connectivity index (χ0v) is 18.2. The topological polar surface area (TPSA) is 63.6 Å². The van der Waals surface area contributed by atoms with E-state index in [-0.39, 0.29) is 9.80 Å². The van der Waals surface area contributed by atoms with Crippen LogP contribution in [0.5, 0.6) is 5.75 Å². The highest BCUT2D eigenvalue weighted by Gasteiger charge is 2.31. The van der Waals surface area contributed by atoms with Gasteiger partial charge in [0.25, 0.3) is 0 Å². The van der Waals surface area contributed by atoms with Crippen molar-refractivity contribution in [2.45, 2.75) is 31.3 Å². The molecule has 4 nitrogen and oxygen atoms in total. The monoisotopic (exact) mass is 422 g/mol. The lowest BCUT2D eigenvalue weighted by atomic mass is 9.98. The van der Waals surface area contributed by atoms with Crippen molar-refractivity contribution in [1.82, 2.24) is 0 Å². The first kappa shape index (κ1) is 21.8. The third-order valence-electron chi connectivity index (χ3n) is 5.07. The smallest absolute Gasteiger partial charge is 0.205 e. The van der Waals surface area contributed by atoms with Crippen molar-refractivity contribution in [2.24, 2.45) is 0 Å². The van der Waals surface area contributed by atoms with Gasteiger partial charge in [0.1, 0.15) is 11.9 Å². The van der Waals surface area contributed by atoms with Gasteiger partial charge in [0.2, 0.25) is 9.84 Å². The molecule has 156 valence electrons. The highest BCUT2D eigenvalue weighted by Crippen LogP contribution is 2.38. The molecule has 0 aliphatic carbocycles. The SMILES string of the molecule is CC/C(=C(\C(O)c1ccc(OC)cc1)S(=O)(=O)c1ccc(C)cc1)c1ccccc1. The second-order valence-electron chi connectivity index (χ2n) is 7.05. The zero-order chi connectivity index (χ0) is 21.7. The van der Waals surface area contributed by atoms with Crippen molar-refractivity contribution in [2.75, 3.05) is 7.11 Å². The maximum Gasteiger partial charge on any atom is 0.205 e. The summed E-state index contributed by atoms with van der Waals surface area (Å²) in [6.07, 6.45) is -0.852. The Morgan fingerprint density at radius 3 is 2.07 bits per heavy atom. The molecule has 3 aromatic rings. The molecule has 0 bridgehead atoms. The maximum absolute atomic E-state index is 13.7. The molecule has 0 amide bonds. The molecular formula is C25H26O4S. The second kappa shape index (κ2) is 9.28. The van der Waals surface area contributed by atoms with Gasteiger partial charge in [-0.05, 0) is 54.3 Å². The maximum atomic E-state index is 13.7. The molecule has 5 heteroatoms. The van der Waals surface area contributed by atoms with Crippen molar-refractivity contribution >= 4 is 15.4 Å². The molecule has 0 heterocycles. The van der Waals surface area contributed by atoms with E-state index < -0.39 is 15.9 Å². The Morgan fingerprint density at radius 2 is 1.53 bits per heavy atom. The Balaban J connectivity index is 2.25. The minimum absolute atomic E-state index is 0.00483. The lowest BCUT2D eigenvalue weighted by Gasteiger charge is -2.21. The van der Waals surface area contributed by atoms with Crippen molar-refractivity contribution in [3.05, 3.63) is 100 Å². The minimum atomic E-state index is -3.94. The number of ether oxygens (including phenoxy) is 1. The predicted octanol–water partition coefficient (Wildman–Crippen LogP) is 5.33. The van der Waals surface area contributed by atoms with E-state index in [1.165, 1.54) is 0 Å². The molecule has 0 fully saturated rings. The van der Waals surface area contributed by atoms with E-state index in [4.69, 9.17) is 4.74 Å². The van der Waals surface area contributed by atoms with Gasteiger partial charge < -0.3 is 9.84 Å². The van der Waals surface area contributed by atoms with Crippen LogP contribution in [0.25, 0.3) is 5.57 Å². The molecule has 0 saturated heterocycles. The van der Waals surface area contributed by atoms with Gasteiger partial charge in [0.15, 0.2) is 0 Å². The van der Waals surface area contributed by atoms with Crippen molar-refractivity contribution in [3.8, 4) is 5.75 Å². The Kier molecular flexibility index (Phi) is 6.75. The highest BCUT2D eigenvalue weighted by molar-refractivity contribution is 7.95. The zero-order valence-electron chi connectivity index (χ0n) is 17.4. The molecule has 0 saturated carbocycles. The van der Waals surface area contributed by atoms with Gasteiger partial charge in [0, 0.05) is 0 Å². The summed E-state index contributed by atoms with van der Waals surface area (Å²) in [5.74, 6) is 0.636. The first-order valence-corrected chi connectivity index (χ1v) is 11.3.